The van der Waals surface area contributed by atoms with Crippen LogP contribution in [0.5, 0.6) is 0 Å². The summed E-state index contributed by atoms with van der Waals surface area (Å²) in [5.74, 6) is -0.635. The maximum Gasteiger partial charge on any atom is 0.276 e. The van der Waals surface area contributed by atoms with Gasteiger partial charge in [-0.25, -0.2) is 12.8 Å². The molecule has 1 aliphatic heterocycles. The average Bonchev–Trinajstić information content (AvgIpc) is 3.36. The van der Waals surface area contributed by atoms with Gasteiger partial charge >= 0.3 is 0 Å². The molecule has 31 heavy (non-hydrogen) atoms. The molecule has 0 N–H and O–H groups in total. The van der Waals surface area contributed by atoms with E-state index in [0.29, 0.717) is 22.6 Å². The van der Waals surface area contributed by atoms with Gasteiger partial charge in [-0.2, -0.15) is 0 Å². The Balaban J connectivity index is 1.63. The van der Waals surface area contributed by atoms with Gasteiger partial charge in [0.2, 0.25) is 0 Å². The number of amides is 1. The van der Waals surface area contributed by atoms with E-state index >= 15 is 0 Å². The molecule has 0 aliphatic carbocycles. The van der Waals surface area contributed by atoms with Crippen molar-refractivity contribution in [3.05, 3.63) is 76.2 Å². The zero-order chi connectivity index (χ0) is 22.2. The van der Waals surface area contributed by atoms with Crippen molar-refractivity contribution in [2.24, 2.45) is 0 Å². The van der Waals surface area contributed by atoms with Gasteiger partial charge in [0.05, 0.1) is 11.5 Å². The SMILES string of the molecule is Cc1ccc(-c2cc(C(=O)N(Cc3ccc(Cl)cc3)C3CCS(=O)(=O)C3)no2)cc1F. The van der Waals surface area contributed by atoms with Crippen LogP contribution in [0.25, 0.3) is 11.3 Å². The Morgan fingerprint density at radius 1 is 1.23 bits per heavy atom. The Labute approximate surface area is 184 Å². The third kappa shape index (κ3) is 4.80. The van der Waals surface area contributed by atoms with Crippen molar-refractivity contribution in [1.29, 1.82) is 0 Å². The summed E-state index contributed by atoms with van der Waals surface area (Å²) < 4.78 is 43.2. The molecule has 1 atom stereocenters. The lowest BCUT2D eigenvalue weighted by molar-refractivity contribution is 0.0670. The van der Waals surface area contributed by atoms with E-state index in [4.69, 9.17) is 16.1 Å². The predicted molar refractivity (Wildman–Crippen MR) is 115 cm³/mol. The number of benzene rings is 2. The van der Waals surface area contributed by atoms with Gasteiger partial charge in [-0.1, -0.05) is 41.0 Å². The molecule has 1 unspecified atom stereocenters. The average molecular weight is 463 g/mol. The van der Waals surface area contributed by atoms with E-state index in [1.807, 2.05) is 0 Å². The molecule has 1 amide bonds. The highest BCUT2D eigenvalue weighted by Crippen LogP contribution is 2.26. The molecule has 1 saturated heterocycles. The lowest BCUT2D eigenvalue weighted by Crippen LogP contribution is -2.40. The summed E-state index contributed by atoms with van der Waals surface area (Å²) in [6, 6.07) is 12.6. The molecule has 0 saturated carbocycles. The first kappa shape index (κ1) is 21.5. The molecular formula is C22H20ClFN2O4S. The maximum atomic E-state index is 13.9. The zero-order valence-electron chi connectivity index (χ0n) is 16.7. The van der Waals surface area contributed by atoms with Crippen molar-refractivity contribution >= 4 is 27.3 Å². The van der Waals surface area contributed by atoms with Crippen LogP contribution in [0.4, 0.5) is 4.39 Å². The van der Waals surface area contributed by atoms with Crippen LogP contribution in [-0.2, 0) is 16.4 Å². The van der Waals surface area contributed by atoms with E-state index in [2.05, 4.69) is 5.16 Å². The number of aromatic nitrogens is 1. The van der Waals surface area contributed by atoms with Crippen LogP contribution in [0, 0.1) is 12.7 Å². The minimum Gasteiger partial charge on any atom is -0.355 e. The van der Waals surface area contributed by atoms with Gasteiger partial charge in [-0.15, -0.1) is 0 Å². The Morgan fingerprint density at radius 3 is 2.61 bits per heavy atom. The molecule has 0 radical (unpaired) electrons. The lowest BCUT2D eigenvalue weighted by Gasteiger charge is -2.27. The fourth-order valence-electron chi connectivity index (χ4n) is 3.58. The van der Waals surface area contributed by atoms with Crippen LogP contribution in [0.2, 0.25) is 5.02 Å². The molecule has 2 aromatic carbocycles. The van der Waals surface area contributed by atoms with Crippen LogP contribution >= 0.6 is 11.6 Å². The van der Waals surface area contributed by atoms with Crippen LogP contribution < -0.4 is 0 Å². The number of rotatable bonds is 5. The Morgan fingerprint density at radius 2 is 1.97 bits per heavy atom. The first-order valence-electron chi connectivity index (χ1n) is 9.71. The van der Waals surface area contributed by atoms with Crippen LogP contribution in [0.1, 0.15) is 28.0 Å². The van der Waals surface area contributed by atoms with E-state index in [1.54, 1.807) is 43.3 Å². The number of aryl methyl sites for hydroxylation is 1. The second-order valence-corrected chi connectivity index (χ2v) is 10.3. The third-order valence-corrected chi connectivity index (χ3v) is 7.36. The van der Waals surface area contributed by atoms with Crippen LogP contribution in [-0.4, -0.2) is 41.9 Å². The minimum atomic E-state index is -3.20. The molecule has 9 heteroatoms. The van der Waals surface area contributed by atoms with E-state index in [0.717, 1.165) is 5.56 Å². The Kier molecular flexibility index (Phi) is 5.85. The van der Waals surface area contributed by atoms with Gasteiger partial charge in [0, 0.05) is 29.2 Å². The summed E-state index contributed by atoms with van der Waals surface area (Å²) in [5.41, 5.74) is 1.80. The standard InChI is InChI=1S/C22H20ClFN2O4S/c1-14-2-5-16(10-19(14)24)21-11-20(25-30-21)22(27)26(18-8-9-31(28,29)13-18)12-15-3-6-17(23)7-4-15/h2-7,10-11,18H,8-9,12-13H2,1H3. The topological polar surface area (TPSA) is 80.5 Å². The second kappa shape index (κ2) is 8.43. The lowest BCUT2D eigenvalue weighted by atomic mass is 10.1. The van der Waals surface area contributed by atoms with Gasteiger partial charge in [0.1, 0.15) is 5.82 Å². The zero-order valence-corrected chi connectivity index (χ0v) is 18.3. The third-order valence-electron chi connectivity index (χ3n) is 5.36. The highest BCUT2D eigenvalue weighted by Gasteiger charge is 2.36. The molecule has 3 aromatic rings. The van der Waals surface area contributed by atoms with Crippen molar-refractivity contribution in [2.75, 3.05) is 11.5 Å². The van der Waals surface area contributed by atoms with E-state index in [1.165, 1.54) is 17.0 Å². The van der Waals surface area contributed by atoms with Crippen molar-refractivity contribution in [3.63, 3.8) is 0 Å². The van der Waals surface area contributed by atoms with Gasteiger partial charge in [0.15, 0.2) is 21.3 Å². The summed E-state index contributed by atoms with van der Waals surface area (Å²) in [5, 5.41) is 4.44. The van der Waals surface area contributed by atoms with Gasteiger partial charge in [0.25, 0.3) is 5.91 Å². The monoisotopic (exact) mass is 462 g/mol. The maximum absolute atomic E-state index is 13.9. The van der Waals surface area contributed by atoms with Crippen LogP contribution in [0.3, 0.4) is 0 Å². The number of halogens is 2. The van der Waals surface area contributed by atoms with E-state index in [9.17, 15) is 17.6 Å². The molecule has 1 aromatic heterocycles. The molecule has 2 heterocycles. The molecule has 0 bridgehead atoms. The summed E-state index contributed by atoms with van der Waals surface area (Å²) in [4.78, 5) is 14.8. The molecule has 6 nitrogen and oxygen atoms in total. The highest BCUT2D eigenvalue weighted by atomic mass is 35.5. The number of nitrogens with zero attached hydrogens (tertiary/aromatic N) is 2. The highest BCUT2D eigenvalue weighted by molar-refractivity contribution is 7.91. The Hall–Kier alpha value is -2.71. The molecular weight excluding hydrogens is 443 g/mol. The molecule has 0 spiro atoms. The van der Waals surface area contributed by atoms with Crippen molar-refractivity contribution in [3.8, 4) is 11.3 Å². The number of hydrogen-bond donors (Lipinski definition) is 0. The summed E-state index contributed by atoms with van der Waals surface area (Å²) in [6.45, 7) is 1.86. The minimum absolute atomic E-state index is 0.0363. The van der Waals surface area contributed by atoms with Crippen molar-refractivity contribution in [1.82, 2.24) is 10.1 Å². The van der Waals surface area contributed by atoms with Gasteiger partial charge < -0.3 is 9.42 Å². The fourth-order valence-corrected chi connectivity index (χ4v) is 5.44. The largest absolute Gasteiger partial charge is 0.355 e. The quantitative estimate of drug-likeness (QED) is 0.565. The fraction of sp³-hybridized carbons (Fsp3) is 0.273. The number of hydrogen-bond acceptors (Lipinski definition) is 5. The van der Waals surface area contributed by atoms with E-state index < -0.39 is 21.8 Å². The first-order chi connectivity index (χ1) is 14.7. The molecule has 4 rings (SSSR count). The summed E-state index contributed by atoms with van der Waals surface area (Å²) in [6.07, 6.45) is 0.357. The predicted octanol–water partition coefficient (Wildman–Crippen LogP) is 4.27. The number of carbonyl (C=O) groups is 1. The molecule has 162 valence electrons. The van der Waals surface area contributed by atoms with Gasteiger partial charge in [-0.3, -0.25) is 4.79 Å². The molecule has 1 fully saturated rings. The summed E-state index contributed by atoms with van der Waals surface area (Å²) in [7, 11) is -3.20. The smallest absolute Gasteiger partial charge is 0.276 e. The van der Waals surface area contributed by atoms with Crippen molar-refractivity contribution in [2.45, 2.75) is 25.9 Å². The second-order valence-electron chi connectivity index (χ2n) is 7.66. The summed E-state index contributed by atoms with van der Waals surface area (Å²) >= 11 is 5.94. The Bertz CT molecular complexity index is 1220. The van der Waals surface area contributed by atoms with Crippen molar-refractivity contribution < 1.29 is 22.1 Å². The van der Waals surface area contributed by atoms with Gasteiger partial charge in [-0.05, 0) is 42.7 Å². The number of carbonyl (C=O) groups excluding carboxylic acids is 1. The van der Waals surface area contributed by atoms with Crippen LogP contribution in [0.15, 0.2) is 53.1 Å². The first-order valence-corrected chi connectivity index (χ1v) is 11.9. The molecule has 1 aliphatic rings. The van der Waals surface area contributed by atoms with E-state index in [-0.39, 0.29) is 35.3 Å². The number of sulfone groups is 1. The normalized spacial score (nSPS) is 17.6.